The fourth-order valence-electron chi connectivity index (χ4n) is 3.24. The Morgan fingerprint density at radius 2 is 2.12 bits per heavy atom. The summed E-state index contributed by atoms with van der Waals surface area (Å²) in [5, 5.41) is 12.0. The molecule has 0 aliphatic heterocycles. The smallest absolute Gasteiger partial charge is 0.256 e. The van der Waals surface area contributed by atoms with Gasteiger partial charge in [0.15, 0.2) is 11.6 Å². The maximum Gasteiger partial charge on any atom is 0.256 e. The van der Waals surface area contributed by atoms with E-state index in [-0.39, 0.29) is 34.7 Å². The van der Waals surface area contributed by atoms with E-state index in [2.05, 4.69) is 25.7 Å². The van der Waals surface area contributed by atoms with Gasteiger partial charge >= 0.3 is 0 Å². The second kappa shape index (κ2) is 8.53. The van der Waals surface area contributed by atoms with Gasteiger partial charge in [0.25, 0.3) is 5.91 Å². The molecule has 166 valence electrons. The van der Waals surface area contributed by atoms with Gasteiger partial charge in [-0.25, -0.2) is 9.97 Å². The molecule has 3 aromatic rings. The third-order valence-electron chi connectivity index (χ3n) is 4.92. The van der Waals surface area contributed by atoms with Crippen molar-refractivity contribution >= 4 is 34.8 Å². The minimum Gasteiger partial charge on any atom is -0.494 e. The average molecular weight is 439 g/mol. The lowest BCUT2D eigenvalue weighted by molar-refractivity contribution is -0.117. The third kappa shape index (κ3) is 4.17. The molecule has 1 aliphatic carbocycles. The highest BCUT2D eigenvalue weighted by molar-refractivity contribution is 6.05. The van der Waals surface area contributed by atoms with Gasteiger partial charge in [0.1, 0.15) is 23.5 Å². The number of carbonyl (C=O) groups is 2. The van der Waals surface area contributed by atoms with Crippen molar-refractivity contribution in [2.75, 3.05) is 30.5 Å². The number of methoxy groups -OCH3 is 1. The Bertz CT molecular complexity index is 1290. The fraction of sp³-hybridized carbons (Fsp3) is 0.286. The van der Waals surface area contributed by atoms with Gasteiger partial charge < -0.3 is 26.4 Å². The summed E-state index contributed by atoms with van der Waals surface area (Å²) in [6.45, 7) is -2.75. The van der Waals surface area contributed by atoms with Gasteiger partial charge in [-0.3, -0.25) is 14.3 Å². The molecule has 0 radical (unpaired) electrons. The van der Waals surface area contributed by atoms with Crippen LogP contribution in [0.2, 0.25) is 0 Å². The van der Waals surface area contributed by atoms with Gasteiger partial charge in [0.2, 0.25) is 5.91 Å². The highest BCUT2D eigenvalue weighted by Gasteiger charge is 2.30. The number of pyridine rings is 1. The van der Waals surface area contributed by atoms with E-state index in [1.54, 1.807) is 36.3 Å². The number of para-hydroxylation sites is 1. The Balaban J connectivity index is 1.77. The molecular formula is C21H24N8O3. The molecule has 1 aliphatic rings. The average Bonchev–Trinajstić information content (AvgIpc) is 3.53. The van der Waals surface area contributed by atoms with Crippen LogP contribution in [0.5, 0.6) is 5.75 Å². The molecule has 1 aromatic carbocycles. The number of aryl methyl sites for hydroxylation is 1. The van der Waals surface area contributed by atoms with Gasteiger partial charge in [-0.1, -0.05) is 6.07 Å². The largest absolute Gasteiger partial charge is 0.494 e. The zero-order valence-corrected chi connectivity index (χ0v) is 17.5. The molecule has 4 rings (SSSR count). The fourth-order valence-corrected chi connectivity index (χ4v) is 3.24. The molecule has 1 fully saturated rings. The number of rotatable bonds is 7. The summed E-state index contributed by atoms with van der Waals surface area (Å²) < 4.78 is 29.3. The number of benzene rings is 1. The molecule has 11 nitrogen and oxygen atoms in total. The number of nitrogens with one attached hydrogen (secondary N) is 3. The van der Waals surface area contributed by atoms with Gasteiger partial charge in [-0.05, 0) is 25.0 Å². The lowest BCUT2D eigenvalue weighted by Crippen LogP contribution is -2.22. The highest BCUT2D eigenvalue weighted by atomic mass is 16.5. The van der Waals surface area contributed by atoms with Crippen LogP contribution in [0, 0.1) is 5.92 Å². The number of hydrogen-bond acceptors (Lipinski definition) is 8. The van der Waals surface area contributed by atoms with E-state index < -0.39 is 12.9 Å². The molecule has 0 saturated heterocycles. The summed E-state index contributed by atoms with van der Waals surface area (Å²) in [4.78, 5) is 33.4. The predicted octanol–water partition coefficient (Wildman–Crippen LogP) is 1.92. The first-order valence-corrected chi connectivity index (χ1v) is 9.79. The van der Waals surface area contributed by atoms with Crippen LogP contribution >= 0.6 is 0 Å². The molecule has 2 amide bonds. The number of ether oxygens (including phenoxy) is 1. The highest BCUT2D eigenvalue weighted by Crippen LogP contribution is 2.38. The van der Waals surface area contributed by atoms with Gasteiger partial charge in [-0.15, -0.1) is 0 Å². The van der Waals surface area contributed by atoms with E-state index in [4.69, 9.17) is 14.6 Å². The van der Waals surface area contributed by atoms with Crippen molar-refractivity contribution in [1.82, 2.24) is 25.1 Å². The third-order valence-corrected chi connectivity index (χ3v) is 4.92. The molecular weight excluding hydrogens is 412 g/mol. The number of aromatic nitrogens is 4. The monoisotopic (exact) mass is 439 g/mol. The SMILES string of the molecule is [2H]C([2H])([2H])NC(=O)c1c(Nc2cccc(-c3ncn(C)n3)c2OC)cc(NC(=O)C2CC2)nc1N. The second-order valence-electron chi connectivity index (χ2n) is 7.29. The zero-order chi connectivity index (χ0) is 25.3. The second-order valence-corrected chi connectivity index (χ2v) is 7.29. The number of nitrogen functional groups attached to an aromatic ring is 1. The number of nitrogens with two attached hydrogens (primary N) is 1. The summed E-state index contributed by atoms with van der Waals surface area (Å²) in [5.74, 6) is -0.601. The van der Waals surface area contributed by atoms with Crippen LogP contribution in [-0.4, -0.2) is 45.6 Å². The lowest BCUT2D eigenvalue weighted by Gasteiger charge is -2.18. The van der Waals surface area contributed by atoms with E-state index in [1.165, 1.54) is 13.2 Å². The Morgan fingerprint density at radius 1 is 1.31 bits per heavy atom. The van der Waals surface area contributed by atoms with Crippen LogP contribution < -0.4 is 26.4 Å². The van der Waals surface area contributed by atoms with Crippen molar-refractivity contribution in [3.8, 4) is 17.1 Å². The molecule has 2 heterocycles. The molecule has 2 aromatic heterocycles. The van der Waals surface area contributed by atoms with Crippen molar-refractivity contribution in [3.63, 3.8) is 0 Å². The topological polar surface area (TPSA) is 149 Å². The number of amides is 2. The van der Waals surface area contributed by atoms with Crippen LogP contribution in [-0.2, 0) is 11.8 Å². The summed E-state index contributed by atoms with van der Waals surface area (Å²) >= 11 is 0. The van der Waals surface area contributed by atoms with E-state index in [0.717, 1.165) is 12.8 Å². The van der Waals surface area contributed by atoms with Gasteiger partial charge in [0.05, 0.1) is 24.0 Å². The molecule has 5 N–H and O–H groups in total. The Hall–Kier alpha value is -4.15. The van der Waals surface area contributed by atoms with E-state index in [1.807, 2.05) is 5.32 Å². The van der Waals surface area contributed by atoms with Crippen LogP contribution in [0.25, 0.3) is 11.4 Å². The Kier molecular flexibility index (Phi) is 4.67. The molecule has 11 heteroatoms. The first kappa shape index (κ1) is 17.5. The van der Waals surface area contributed by atoms with Gasteiger partial charge in [-0.2, -0.15) is 5.10 Å². The van der Waals surface area contributed by atoms with Crippen molar-refractivity contribution in [3.05, 3.63) is 36.2 Å². The lowest BCUT2D eigenvalue weighted by atomic mass is 10.1. The molecule has 0 unspecified atom stereocenters. The zero-order valence-electron chi connectivity index (χ0n) is 20.5. The first-order valence-electron chi connectivity index (χ1n) is 11.3. The van der Waals surface area contributed by atoms with E-state index >= 15 is 0 Å². The summed E-state index contributed by atoms with van der Waals surface area (Å²) in [6, 6.07) is 6.61. The normalized spacial score (nSPS) is 14.6. The molecule has 0 bridgehead atoms. The molecule has 0 spiro atoms. The minimum absolute atomic E-state index is 0.0874. The molecule has 32 heavy (non-hydrogen) atoms. The maximum atomic E-state index is 12.8. The van der Waals surface area contributed by atoms with E-state index in [0.29, 0.717) is 22.8 Å². The van der Waals surface area contributed by atoms with Crippen molar-refractivity contribution in [2.24, 2.45) is 13.0 Å². The van der Waals surface area contributed by atoms with Crippen LogP contribution in [0.3, 0.4) is 0 Å². The van der Waals surface area contributed by atoms with Crippen LogP contribution in [0.4, 0.5) is 23.0 Å². The number of carbonyl (C=O) groups excluding carboxylic acids is 2. The molecule has 1 saturated carbocycles. The van der Waals surface area contributed by atoms with E-state index in [9.17, 15) is 9.59 Å². The predicted molar refractivity (Wildman–Crippen MR) is 120 cm³/mol. The summed E-state index contributed by atoms with van der Waals surface area (Å²) in [6.07, 6.45) is 3.12. The quantitative estimate of drug-likeness (QED) is 0.436. The first-order chi connectivity index (χ1) is 16.6. The van der Waals surface area contributed by atoms with Gasteiger partial charge in [0, 0.05) is 30.1 Å². The van der Waals surface area contributed by atoms with Crippen LogP contribution in [0.1, 0.15) is 27.3 Å². The number of hydrogen-bond donors (Lipinski definition) is 4. The van der Waals surface area contributed by atoms with Crippen LogP contribution in [0.15, 0.2) is 30.6 Å². The molecule has 0 atom stereocenters. The minimum atomic E-state index is -2.75. The van der Waals surface area contributed by atoms with Crippen molar-refractivity contribution in [1.29, 1.82) is 0 Å². The Labute approximate surface area is 188 Å². The number of nitrogens with zero attached hydrogens (tertiary/aromatic N) is 4. The Morgan fingerprint density at radius 3 is 2.78 bits per heavy atom. The maximum absolute atomic E-state index is 12.8. The number of anilines is 4. The summed E-state index contributed by atoms with van der Waals surface area (Å²) in [7, 11) is 3.20. The summed E-state index contributed by atoms with van der Waals surface area (Å²) in [5.41, 5.74) is 6.98. The van der Waals surface area contributed by atoms with Crippen molar-refractivity contribution < 1.29 is 18.4 Å². The standard InChI is InChI=1S/C21H24N8O3/c1-23-21(31)16-14(9-15(26-18(16)22)27-20(30)11-7-8-11)25-13-6-4-5-12(17(13)32-3)19-24-10-29(2)28-19/h4-6,9-11H,7-8H2,1-3H3,(H,23,31)(H4,22,25,26,27,30)/i1D3. The van der Waals surface area contributed by atoms with Crippen molar-refractivity contribution in [2.45, 2.75) is 12.8 Å².